The van der Waals surface area contributed by atoms with Crippen LogP contribution < -0.4 is 9.86 Å². The minimum Gasteiger partial charge on any atom is -0.300 e. The second-order valence-electron chi connectivity index (χ2n) is 7.13. The van der Waals surface area contributed by atoms with Gasteiger partial charge >= 0.3 is 0 Å². The highest BCUT2D eigenvalue weighted by Gasteiger charge is 2.24. The number of rotatable bonds is 8. The number of allylic oxidation sites excluding steroid dienone is 1. The molecular formula is C24H36Cl6N2O3S2. The molecule has 1 aromatic carbocycles. The van der Waals surface area contributed by atoms with E-state index >= 15 is 0 Å². The van der Waals surface area contributed by atoms with E-state index in [1.807, 2.05) is 20.8 Å². The lowest BCUT2D eigenvalue weighted by atomic mass is 9.81. The summed E-state index contributed by atoms with van der Waals surface area (Å²) in [5.41, 5.74) is 1.72. The summed E-state index contributed by atoms with van der Waals surface area (Å²) in [6.07, 6.45) is 1.95. The number of nitrogens with two attached hydrogens (primary N) is 1. The van der Waals surface area contributed by atoms with Crippen molar-refractivity contribution in [2.75, 3.05) is 0 Å². The highest BCUT2D eigenvalue weighted by atomic mass is 35.6. The van der Waals surface area contributed by atoms with Gasteiger partial charge < -0.3 is 0 Å². The molecule has 1 rings (SSSR count). The molecule has 1 aromatic rings. The standard InChI is InChI=1S/C11H20O.C10H8Cl3NO2S.C2H6.CH2Cl3NS/c1-6-10(8(3)4)11(7-2)9(5)12;1-6(15)7-4-2-3-5-8(7)9(16)14-17-10(11,12)13;1-2;2-1(3,4)6-5/h10-11H,3,6-7H2,1-2,4-5H3;2-5H,1H3,(H,14,16);1-2H3;5H2. The van der Waals surface area contributed by atoms with Crippen LogP contribution in [0.15, 0.2) is 36.4 Å². The molecule has 0 radical (unpaired) electrons. The van der Waals surface area contributed by atoms with Crippen molar-refractivity contribution in [1.82, 2.24) is 4.72 Å². The zero-order valence-corrected chi connectivity index (χ0v) is 28.1. The van der Waals surface area contributed by atoms with Crippen LogP contribution in [0.5, 0.6) is 0 Å². The van der Waals surface area contributed by atoms with Gasteiger partial charge in [0.1, 0.15) is 5.78 Å². The number of halogens is 6. The van der Waals surface area contributed by atoms with Gasteiger partial charge in [0.15, 0.2) is 5.78 Å². The predicted molar refractivity (Wildman–Crippen MR) is 168 cm³/mol. The summed E-state index contributed by atoms with van der Waals surface area (Å²) in [6, 6.07) is 6.43. The molecule has 0 heterocycles. The van der Waals surface area contributed by atoms with Crippen molar-refractivity contribution >= 4 is 111 Å². The van der Waals surface area contributed by atoms with Gasteiger partial charge in [0.05, 0.1) is 5.56 Å². The molecule has 13 heteroatoms. The van der Waals surface area contributed by atoms with Gasteiger partial charge in [-0.15, -0.1) is 0 Å². The Hall–Kier alpha value is 0.170. The highest BCUT2D eigenvalue weighted by Crippen LogP contribution is 2.37. The Balaban J connectivity index is -0.000000503. The fourth-order valence-electron chi connectivity index (χ4n) is 2.98. The van der Waals surface area contributed by atoms with Gasteiger partial charge in [-0.2, -0.15) is 0 Å². The third kappa shape index (κ3) is 21.6. The summed E-state index contributed by atoms with van der Waals surface area (Å²) in [5, 5.41) is 4.83. The van der Waals surface area contributed by atoms with Crippen molar-refractivity contribution in [2.24, 2.45) is 17.0 Å². The number of Topliss-reactive ketones (excluding diaryl/α,β-unsaturated/α-hetero) is 2. The van der Waals surface area contributed by atoms with Crippen molar-refractivity contribution in [2.45, 2.75) is 67.6 Å². The lowest BCUT2D eigenvalue weighted by molar-refractivity contribution is -0.122. The molecule has 0 spiro atoms. The molecule has 37 heavy (non-hydrogen) atoms. The normalized spacial score (nSPS) is 12.2. The first-order valence-corrected chi connectivity index (χ1v) is 15.1. The van der Waals surface area contributed by atoms with Crippen molar-refractivity contribution in [3.63, 3.8) is 0 Å². The first-order chi connectivity index (χ1) is 16.9. The Bertz CT molecular complexity index is 827. The van der Waals surface area contributed by atoms with E-state index in [2.05, 4.69) is 25.1 Å². The molecule has 0 bridgehead atoms. The van der Waals surface area contributed by atoms with Crippen LogP contribution in [-0.2, 0) is 4.79 Å². The average molecular weight is 677 g/mol. The van der Waals surface area contributed by atoms with Gasteiger partial charge in [-0.3, -0.25) is 24.2 Å². The molecule has 2 atom stereocenters. The van der Waals surface area contributed by atoms with Crippen LogP contribution >= 0.6 is 93.5 Å². The van der Waals surface area contributed by atoms with Crippen molar-refractivity contribution in [3.05, 3.63) is 47.5 Å². The maximum absolute atomic E-state index is 11.8. The number of ketones is 2. The number of hydrogen-bond acceptors (Lipinski definition) is 6. The Morgan fingerprint density at radius 3 is 1.54 bits per heavy atom. The Labute approximate surface area is 260 Å². The van der Waals surface area contributed by atoms with E-state index in [0.717, 1.165) is 18.4 Å². The van der Waals surface area contributed by atoms with Gasteiger partial charge in [0.25, 0.3) is 12.2 Å². The Morgan fingerprint density at radius 1 is 0.892 bits per heavy atom. The monoisotopic (exact) mass is 674 g/mol. The smallest absolute Gasteiger partial charge is 0.261 e. The zero-order chi connectivity index (χ0) is 30.0. The summed E-state index contributed by atoms with van der Waals surface area (Å²) < 4.78 is -0.621. The fourth-order valence-corrected chi connectivity index (χ4v) is 3.64. The SMILES string of the molecule is C=C(C)C(CC)C(CC)C(C)=O.CC.CC(=O)c1ccccc1C(=O)NSC(Cl)(Cl)Cl.NSC(Cl)(Cl)Cl. The van der Waals surface area contributed by atoms with Gasteiger partial charge in [-0.05, 0) is 57.5 Å². The number of nitrogens with one attached hydrogen (secondary N) is 1. The van der Waals surface area contributed by atoms with Crippen LogP contribution in [0, 0.1) is 11.8 Å². The largest absolute Gasteiger partial charge is 0.300 e. The van der Waals surface area contributed by atoms with Crippen LogP contribution in [-0.4, -0.2) is 23.7 Å². The number of alkyl halides is 6. The summed E-state index contributed by atoms with van der Waals surface area (Å²) >= 11 is 33.0. The van der Waals surface area contributed by atoms with Gasteiger partial charge in [0, 0.05) is 23.4 Å². The lowest BCUT2D eigenvalue weighted by Gasteiger charge is -2.22. The van der Waals surface area contributed by atoms with E-state index in [1.54, 1.807) is 25.1 Å². The molecular weight excluding hydrogens is 641 g/mol. The Morgan fingerprint density at radius 2 is 1.30 bits per heavy atom. The van der Waals surface area contributed by atoms with Gasteiger partial charge in [-0.1, -0.05) is 128 Å². The third-order valence-corrected chi connectivity index (χ3v) is 6.75. The van der Waals surface area contributed by atoms with E-state index in [0.29, 0.717) is 41.2 Å². The molecule has 0 fully saturated rings. The van der Waals surface area contributed by atoms with Gasteiger partial charge in [-0.25, -0.2) is 0 Å². The summed E-state index contributed by atoms with van der Waals surface area (Å²) in [5.74, 6) is 0.189. The van der Waals surface area contributed by atoms with Crippen LogP contribution in [0.3, 0.4) is 0 Å². The zero-order valence-electron chi connectivity index (χ0n) is 22.0. The number of benzene rings is 1. The van der Waals surface area contributed by atoms with Crippen molar-refractivity contribution < 1.29 is 14.4 Å². The average Bonchev–Trinajstić information content (AvgIpc) is 2.81. The van der Waals surface area contributed by atoms with E-state index in [1.165, 1.54) is 13.0 Å². The fraction of sp³-hybridized carbons (Fsp3) is 0.542. The second kappa shape index (κ2) is 21.9. The quantitative estimate of drug-likeness (QED) is 0.123. The molecule has 0 aliphatic carbocycles. The third-order valence-electron chi connectivity index (χ3n) is 4.46. The first kappa shape index (κ1) is 41.6. The molecule has 214 valence electrons. The molecule has 0 aromatic heterocycles. The Kier molecular flexibility index (Phi) is 24.7. The molecule has 1 amide bonds. The van der Waals surface area contributed by atoms with Crippen LogP contribution in [0.25, 0.3) is 0 Å². The molecule has 2 unspecified atom stereocenters. The van der Waals surface area contributed by atoms with Crippen LogP contribution in [0.1, 0.15) is 82.0 Å². The van der Waals surface area contributed by atoms with E-state index in [9.17, 15) is 14.4 Å². The number of amides is 1. The summed E-state index contributed by atoms with van der Waals surface area (Å²) in [4.78, 5) is 34.3. The molecule has 0 aliphatic heterocycles. The molecule has 0 saturated carbocycles. The number of carbonyl (C=O) groups is 3. The van der Waals surface area contributed by atoms with Gasteiger partial charge in [0.2, 0.25) is 0 Å². The van der Waals surface area contributed by atoms with E-state index in [-0.39, 0.29) is 17.3 Å². The molecule has 0 aliphatic rings. The predicted octanol–water partition coefficient (Wildman–Crippen LogP) is 9.75. The molecule has 3 N–H and O–H groups in total. The minimum absolute atomic E-state index is 0.187. The number of carbonyl (C=O) groups excluding carboxylic acids is 3. The summed E-state index contributed by atoms with van der Waals surface area (Å²) in [6.45, 7) is 17.2. The first-order valence-electron chi connectivity index (χ1n) is 11.2. The highest BCUT2D eigenvalue weighted by molar-refractivity contribution is 8.03. The van der Waals surface area contributed by atoms with Crippen molar-refractivity contribution in [1.29, 1.82) is 0 Å². The molecule has 0 saturated heterocycles. The maximum Gasteiger partial charge on any atom is 0.261 e. The van der Waals surface area contributed by atoms with E-state index in [4.69, 9.17) is 74.7 Å². The van der Waals surface area contributed by atoms with Crippen LogP contribution in [0.2, 0.25) is 0 Å². The molecule has 5 nitrogen and oxygen atoms in total. The summed E-state index contributed by atoms with van der Waals surface area (Å²) in [7, 11) is 0. The topological polar surface area (TPSA) is 89.3 Å². The number of hydrogen-bond donors (Lipinski definition) is 2. The maximum atomic E-state index is 11.8. The van der Waals surface area contributed by atoms with Crippen LogP contribution in [0.4, 0.5) is 0 Å². The lowest BCUT2D eigenvalue weighted by Crippen LogP contribution is -2.21. The van der Waals surface area contributed by atoms with E-state index < -0.39 is 12.2 Å². The second-order valence-corrected chi connectivity index (χ2v) is 14.9. The minimum atomic E-state index is -1.64. The van der Waals surface area contributed by atoms with Crippen molar-refractivity contribution in [3.8, 4) is 0 Å².